The molecule has 0 saturated heterocycles. The van der Waals surface area contributed by atoms with Gasteiger partial charge in [0.2, 0.25) is 0 Å². The average Bonchev–Trinajstić information content (AvgIpc) is 2.44. The first-order chi connectivity index (χ1) is 9.63. The second kappa shape index (κ2) is 6.94. The predicted octanol–water partition coefficient (Wildman–Crippen LogP) is 4.31. The highest BCUT2D eigenvalue weighted by atomic mass is 16.5. The van der Waals surface area contributed by atoms with E-state index >= 15 is 0 Å². The minimum Gasteiger partial charge on any atom is -0.489 e. The summed E-state index contributed by atoms with van der Waals surface area (Å²) in [6.07, 6.45) is 7.09. The number of hydrogen-bond donors (Lipinski definition) is 1. The van der Waals surface area contributed by atoms with E-state index in [0.29, 0.717) is 18.1 Å². The third kappa shape index (κ3) is 3.86. The largest absolute Gasteiger partial charge is 0.489 e. The van der Waals surface area contributed by atoms with Crippen LogP contribution in [0.2, 0.25) is 0 Å². The highest BCUT2D eigenvalue weighted by Gasteiger charge is 2.31. The first-order valence-electron chi connectivity index (χ1n) is 7.68. The van der Waals surface area contributed by atoms with E-state index in [0.717, 1.165) is 12.3 Å². The average molecular weight is 273 g/mol. The molecule has 1 N–H and O–H groups in total. The van der Waals surface area contributed by atoms with Crippen LogP contribution >= 0.6 is 0 Å². The quantitative estimate of drug-likeness (QED) is 0.780. The molecule has 1 fully saturated rings. The molecule has 0 aliphatic heterocycles. The number of ether oxygens (including phenoxy) is 1. The third-order valence-corrected chi connectivity index (χ3v) is 4.38. The fourth-order valence-electron chi connectivity index (χ4n) is 3.04. The fraction of sp³-hybridized carbons (Fsp3) is 0.556. The monoisotopic (exact) mass is 273 g/mol. The molecule has 1 aliphatic carbocycles. The fourth-order valence-corrected chi connectivity index (χ4v) is 3.04. The van der Waals surface area contributed by atoms with Crippen molar-refractivity contribution in [2.45, 2.75) is 52.1 Å². The molecule has 1 atom stereocenters. The van der Waals surface area contributed by atoms with Crippen molar-refractivity contribution in [2.75, 3.05) is 6.61 Å². The van der Waals surface area contributed by atoms with E-state index in [4.69, 9.17) is 4.74 Å². The van der Waals surface area contributed by atoms with Gasteiger partial charge in [-0.05, 0) is 24.3 Å². The summed E-state index contributed by atoms with van der Waals surface area (Å²) in [5.74, 6) is 0.966. The smallest absolute Gasteiger partial charge is 0.124 e. The molecule has 110 valence electrons. The van der Waals surface area contributed by atoms with Crippen molar-refractivity contribution in [2.24, 2.45) is 5.41 Å². The summed E-state index contributed by atoms with van der Waals surface area (Å²) in [6.45, 7) is 9.90. The van der Waals surface area contributed by atoms with Crippen LogP contribution in [0.5, 0.6) is 5.75 Å². The Balaban J connectivity index is 1.97. The number of benzene rings is 1. The SMILES string of the molecule is C=CCOc1ccccc1CNC1CCCCC1(C)C. The zero-order valence-corrected chi connectivity index (χ0v) is 12.8. The number of rotatable bonds is 6. The normalized spacial score (nSPS) is 21.4. The standard InChI is InChI=1S/C18H27NO/c1-4-13-20-16-10-6-5-9-15(16)14-19-17-11-7-8-12-18(17,2)3/h4-6,9-10,17,19H,1,7-8,11-14H2,2-3H3. The van der Waals surface area contributed by atoms with Gasteiger partial charge in [-0.2, -0.15) is 0 Å². The Morgan fingerprint density at radius 3 is 2.90 bits per heavy atom. The molecule has 1 saturated carbocycles. The van der Waals surface area contributed by atoms with E-state index in [1.807, 2.05) is 12.1 Å². The van der Waals surface area contributed by atoms with Gasteiger partial charge in [-0.3, -0.25) is 0 Å². The summed E-state index contributed by atoms with van der Waals surface area (Å²) in [4.78, 5) is 0. The van der Waals surface area contributed by atoms with Crippen LogP contribution in [0.1, 0.15) is 45.1 Å². The topological polar surface area (TPSA) is 21.3 Å². The highest BCUT2D eigenvalue weighted by molar-refractivity contribution is 5.33. The Bertz CT molecular complexity index is 439. The molecule has 1 aromatic carbocycles. The number of hydrogen-bond acceptors (Lipinski definition) is 2. The molecule has 1 unspecified atom stereocenters. The molecule has 1 aromatic rings. The maximum Gasteiger partial charge on any atom is 0.124 e. The Kier molecular flexibility index (Phi) is 5.24. The lowest BCUT2D eigenvalue weighted by atomic mass is 9.73. The summed E-state index contributed by atoms with van der Waals surface area (Å²) in [5, 5.41) is 3.74. The molecular formula is C18H27NO. The molecule has 0 radical (unpaired) electrons. The van der Waals surface area contributed by atoms with Gasteiger partial charge in [-0.25, -0.2) is 0 Å². The molecule has 0 heterocycles. The van der Waals surface area contributed by atoms with Crippen molar-refractivity contribution < 1.29 is 4.74 Å². The van der Waals surface area contributed by atoms with Gasteiger partial charge in [0.25, 0.3) is 0 Å². The minimum absolute atomic E-state index is 0.398. The van der Waals surface area contributed by atoms with Gasteiger partial charge in [0, 0.05) is 18.2 Å². The van der Waals surface area contributed by atoms with Crippen LogP contribution in [0.15, 0.2) is 36.9 Å². The highest BCUT2D eigenvalue weighted by Crippen LogP contribution is 2.35. The Labute approximate surface area is 123 Å². The van der Waals surface area contributed by atoms with E-state index in [1.165, 1.54) is 31.2 Å². The first-order valence-corrected chi connectivity index (χ1v) is 7.68. The Morgan fingerprint density at radius 2 is 2.15 bits per heavy atom. The van der Waals surface area contributed by atoms with E-state index in [2.05, 4.69) is 37.9 Å². The van der Waals surface area contributed by atoms with Crippen LogP contribution in [0, 0.1) is 5.41 Å². The minimum atomic E-state index is 0.398. The lowest BCUT2D eigenvalue weighted by Gasteiger charge is -2.39. The van der Waals surface area contributed by atoms with Crippen LogP contribution in [0.3, 0.4) is 0 Å². The molecule has 0 bridgehead atoms. The molecular weight excluding hydrogens is 246 g/mol. The van der Waals surface area contributed by atoms with Crippen molar-refractivity contribution >= 4 is 0 Å². The van der Waals surface area contributed by atoms with Crippen LogP contribution in [-0.4, -0.2) is 12.6 Å². The molecule has 0 amide bonds. The number of nitrogens with one attached hydrogen (secondary N) is 1. The van der Waals surface area contributed by atoms with Crippen molar-refractivity contribution in [3.63, 3.8) is 0 Å². The summed E-state index contributed by atoms with van der Waals surface area (Å²) in [7, 11) is 0. The van der Waals surface area contributed by atoms with Gasteiger partial charge in [-0.15, -0.1) is 0 Å². The van der Waals surface area contributed by atoms with Crippen LogP contribution < -0.4 is 10.1 Å². The third-order valence-electron chi connectivity index (χ3n) is 4.38. The summed E-state index contributed by atoms with van der Waals surface area (Å²) in [5.41, 5.74) is 1.63. The molecule has 20 heavy (non-hydrogen) atoms. The van der Waals surface area contributed by atoms with Gasteiger partial charge in [0.15, 0.2) is 0 Å². The van der Waals surface area contributed by atoms with E-state index < -0.39 is 0 Å². The van der Waals surface area contributed by atoms with Gasteiger partial charge in [0.1, 0.15) is 12.4 Å². The van der Waals surface area contributed by atoms with Crippen molar-refractivity contribution in [1.82, 2.24) is 5.32 Å². The van der Waals surface area contributed by atoms with E-state index in [1.54, 1.807) is 6.08 Å². The van der Waals surface area contributed by atoms with Crippen LogP contribution in [0.25, 0.3) is 0 Å². The van der Waals surface area contributed by atoms with Gasteiger partial charge < -0.3 is 10.1 Å². The Morgan fingerprint density at radius 1 is 1.35 bits per heavy atom. The Hall–Kier alpha value is -1.28. The summed E-state index contributed by atoms with van der Waals surface area (Å²) < 4.78 is 5.72. The van der Waals surface area contributed by atoms with Gasteiger partial charge in [-0.1, -0.05) is 57.5 Å². The van der Waals surface area contributed by atoms with Crippen molar-refractivity contribution in [3.8, 4) is 5.75 Å². The van der Waals surface area contributed by atoms with E-state index in [-0.39, 0.29) is 0 Å². The second-order valence-corrected chi connectivity index (χ2v) is 6.38. The number of para-hydroxylation sites is 1. The maximum absolute atomic E-state index is 5.72. The summed E-state index contributed by atoms with van der Waals surface area (Å²) in [6, 6.07) is 8.87. The zero-order chi connectivity index (χ0) is 14.4. The molecule has 2 rings (SSSR count). The lowest BCUT2D eigenvalue weighted by Crippen LogP contribution is -2.43. The van der Waals surface area contributed by atoms with Crippen molar-refractivity contribution in [3.05, 3.63) is 42.5 Å². The molecule has 2 heteroatoms. The zero-order valence-electron chi connectivity index (χ0n) is 12.8. The molecule has 2 nitrogen and oxygen atoms in total. The van der Waals surface area contributed by atoms with E-state index in [9.17, 15) is 0 Å². The molecule has 0 spiro atoms. The van der Waals surface area contributed by atoms with Crippen LogP contribution in [-0.2, 0) is 6.54 Å². The molecule has 1 aliphatic rings. The van der Waals surface area contributed by atoms with Gasteiger partial charge >= 0.3 is 0 Å². The van der Waals surface area contributed by atoms with Gasteiger partial charge in [0.05, 0.1) is 0 Å². The predicted molar refractivity (Wildman–Crippen MR) is 85.0 cm³/mol. The summed E-state index contributed by atoms with van der Waals surface area (Å²) >= 11 is 0. The maximum atomic E-state index is 5.72. The van der Waals surface area contributed by atoms with Crippen LogP contribution in [0.4, 0.5) is 0 Å². The molecule has 0 aromatic heterocycles. The second-order valence-electron chi connectivity index (χ2n) is 6.38. The lowest BCUT2D eigenvalue weighted by molar-refractivity contribution is 0.166. The van der Waals surface area contributed by atoms with Crippen molar-refractivity contribution in [1.29, 1.82) is 0 Å². The first kappa shape index (κ1) is 15.1.